The highest BCUT2D eigenvalue weighted by molar-refractivity contribution is 8.00. The van der Waals surface area contributed by atoms with Gasteiger partial charge in [0.25, 0.3) is 0 Å². The number of rotatable bonds is 4. The lowest BCUT2D eigenvalue weighted by Gasteiger charge is -2.18. The number of thioether (sulfide) groups is 1. The SMILES string of the molecule is CNC1c2ccccc2CC1SCC(=O)OC. The first-order chi connectivity index (χ1) is 8.26. The standard InChI is InChI=1S/C13H17NO2S/c1-14-13-10-6-4-3-5-9(10)7-11(13)17-8-12(15)16-2/h3-6,11,13-14H,7-8H2,1-2H3. The Bertz CT molecular complexity index is 408. The van der Waals surface area contributed by atoms with Crippen LogP contribution in [0.1, 0.15) is 17.2 Å². The van der Waals surface area contributed by atoms with E-state index in [4.69, 9.17) is 0 Å². The summed E-state index contributed by atoms with van der Waals surface area (Å²) in [7, 11) is 3.40. The van der Waals surface area contributed by atoms with Crippen LogP contribution in [0.25, 0.3) is 0 Å². The fraction of sp³-hybridized carbons (Fsp3) is 0.462. The molecule has 0 heterocycles. The van der Waals surface area contributed by atoms with Crippen molar-refractivity contribution < 1.29 is 9.53 Å². The Morgan fingerprint density at radius 2 is 2.29 bits per heavy atom. The van der Waals surface area contributed by atoms with E-state index < -0.39 is 0 Å². The third-order valence-corrected chi connectivity index (χ3v) is 4.41. The molecule has 3 nitrogen and oxygen atoms in total. The largest absolute Gasteiger partial charge is 0.468 e. The van der Waals surface area contributed by atoms with Crippen LogP contribution in [0.3, 0.4) is 0 Å². The molecular formula is C13H17NO2S. The van der Waals surface area contributed by atoms with Crippen LogP contribution in [0.15, 0.2) is 24.3 Å². The van der Waals surface area contributed by atoms with E-state index in [0.29, 0.717) is 17.0 Å². The first kappa shape index (κ1) is 12.5. The molecule has 4 heteroatoms. The highest BCUT2D eigenvalue weighted by atomic mass is 32.2. The van der Waals surface area contributed by atoms with Crippen molar-refractivity contribution in [2.24, 2.45) is 0 Å². The molecule has 0 saturated carbocycles. The van der Waals surface area contributed by atoms with Crippen molar-refractivity contribution in [3.8, 4) is 0 Å². The predicted molar refractivity (Wildman–Crippen MR) is 70.2 cm³/mol. The smallest absolute Gasteiger partial charge is 0.315 e. The van der Waals surface area contributed by atoms with E-state index in [0.717, 1.165) is 6.42 Å². The highest BCUT2D eigenvalue weighted by Crippen LogP contribution is 2.38. The molecule has 0 saturated heterocycles. The second-order valence-corrected chi connectivity index (χ2v) is 5.32. The molecule has 1 aliphatic carbocycles. The molecule has 0 amide bonds. The lowest BCUT2D eigenvalue weighted by Crippen LogP contribution is -2.24. The normalized spacial score (nSPS) is 22.2. The summed E-state index contributed by atoms with van der Waals surface area (Å²) in [6.45, 7) is 0. The van der Waals surface area contributed by atoms with Gasteiger partial charge in [-0.2, -0.15) is 0 Å². The summed E-state index contributed by atoms with van der Waals surface area (Å²) >= 11 is 1.67. The van der Waals surface area contributed by atoms with Gasteiger partial charge < -0.3 is 10.1 Å². The highest BCUT2D eigenvalue weighted by Gasteiger charge is 2.31. The molecule has 0 spiro atoms. The number of hydrogen-bond donors (Lipinski definition) is 1. The Balaban J connectivity index is 2.05. The Morgan fingerprint density at radius 3 is 3.00 bits per heavy atom. The number of carbonyl (C=O) groups is 1. The predicted octanol–water partition coefficient (Wildman–Crippen LogP) is 1.78. The fourth-order valence-electron chi connectivity index (χ4n) is 2.29. The van der Waals surface area contributed by atoms with E-state index in [1.54, 1.807) is 11.8 Å². The summed E-state index contributed by atoms with van der Waals surface area (Å²) < 4.78 is 4.68. The molecule has 2 atom stereocenters. The van der Waals surface area contributed by atoms with Gasteiger partial charge in [0.1, 0.15) is 0 Å². The average molecular weight is 251 g/mol. The molecule has 0 fully saturated rings. The van der Waals surface area contributed by atoms with Gasteiger partial charge in [0, 0.05) is 11.3 Å². The first-order valence-electron chi connectivity index (χ1n) is 5.69. The summed E-state index contributed by atoms with van der Waals surface area (Å²) in [5.41, 5.74) is 2.74. The minimum atomic E-state index is -0.152. The maximum absolute atomic E-state index is 11.2. The minimum Gasteiger partial charge on any atom is -0.468 e. The zero-order valence-corrected chi connectivity index (χ0v) is 10.9. The zero-order valence-electron chi connectivity index (χ0n) is 10.1. The van der Waals surface area contributed by atoms with Crippen molar-refractivity contribution in [2.75, 3.05) is 19.9 Å². The summed E-state index contributed by atoms with van der Waals surface area (Å²) in [6.07, 6.45) is 1.02. The van der Waals surface area contributed by atoms with Gasteiger partial charge in [-0.15, -0.1) is 11.8 Å². The van der Waals surface area contributed by atoms with Crippen LogP contribution in [0.5, 0.6) is 0 Å². The average Bonchev–Trinajstić information content (AvgIpc) is 2.73. The lowest BCUT2D eigenvalue weighted by molar-refractivity contribution is -0.137. The van der Waals surface area contributed by atoms with Crippen molar-refractivity contribution in [3.63, 3.8) is 0 Å². The second kappa shape index (κ2) is 5.56. The van der Waals surface area contributed by atoms with Crippen LogP contribution in [0.4, 0.5) is 0 Å². The second-order valence-electron chi connectivity index (χ2n) is 4.09. The van der Waals surface area contributed by atoms with E-state index >= 15 is 0 Å². The third-order valence-electron chi connectivity index (χ3n) is 3.14. The number of carbonyl (C=O) groups excluding carboxylic acids is 1. The topological polar surface area (TPSA) is 38.3 Å². The monoisotopic (exact) mass is 251 g/mol. The quantitative estimate of drug-likeness (QED) is 0.828. The Kier molecular flexibility index (Phi) is 4.07. The van der Waals surface area contributed by atoms with E-state index in [1.807, 2.05) is 7.05 Å². The molecule has 92 valence electrons. The van der Waals surface area contributed by atoms with Crippen molar-refractivity contribution in [3.05, 3.63) is 35.4 Å². The van der Waals surface area contributed by atoms with Gasteiger partial charge in [-0.1, -0.05) is 24.3 Å². The number of benzene rings is 1. The Hall–Kier alpha value is -1.00. The van der Waals surface area contributed by atoms with Crippen LogP contribution >= 0.6 is 11.8 Å². The zero-order chi connectivity index (χ0) is 12.3. The van der Waals surface area contributed by atoms with Crippen molar-refractivity contribution >= 4 is 17.7 Å². The first-order valence-corrected chi connectivity index (χ1v) is 6.74. The van der Waals surface area contributed by atoms with Gasteiger partial charge >= 0.3 is 5.97 Å². The molecule has 0 aliphatic heterocycles. The van der Waals surface area contributed by atoms with Crippen molar-refractivity contribution in [1.29, 1.82) is 0 Å². The van der Waals surface area contributed by atoms with Gasteiger partial charge in [0.15, 0.2) is 0 Å². The van der Waals surface area contributed by atoms with Gasteiger partial charge in [-0.3, -0.25) is 4.79 Å². The molecule has 1 N–H and O–H groups in total. The third kappa shape index (κ3) is 2.64. The van der Waals surface area contributed by atoms with Crippen LogP contribution < -0.4 is 5.32 Å². The maximum atomic E-state index is 11.2. The summed E-state index contributed by atoms with van der Waals surface area (Å²) in [5, 5.41) is 3.75. The number of nitrogens with one attached hydrogen (secondary N) is 1. The van der Waals surface area contributed by atoms with Gasteiger partial charge in [0.05, 0.1) is 12.9 Å². The molecule has 0 aromatic heterocycles. The summed E-state index contributed by atoms with van der Waals surface area (Å²) in [5.74, 6) is 0.272. The van der Waals surface area contributed by atoms with Gasteiger partial charge in [-0.25, -0.2) is 0 Å². The van der Waals surface area contributed by atoms with Crippen LogP contribution in [0.2, 0.25) is 0 Å². The van der Waals surface area contributed by atoms with Gasteiger partial charge in [-0.05, 0) is 24.6 Å². The summed E-state index contributed by atoms with van der Waals surface area (Å²) in [6, 6.07) is 8.80. The fourth-order valence-corrected chi connectivity index (χ4v) is 3.53. The molecule has 1 aromatic carbocycles. The van der Waals surface area contributed by atoms with E-state index in [-0.39, 0.29) is 5.97 Å². The molecule has 1 aromatic rings. The maximum Gasteiger partial charge on any atom is 0.315 e. The van der Waals surface area contributed by atoms with E-state index in [9.17, 15) is 4.79 Å². The van der Waals surface area contributed by atoms with Crippen molar-refractivity contribution in [1.82, 2.24) is 5.32 Å². The van der Waals surface area contributed by atoms with Crippen LogP contribution in [0, 0.1) is 0 Å². The van der Waals surface area contributed by atoms with Crippen LogP contribution in [-0.4, -0.2) is 31.1 Å². The number of ether oxygens (including phenoxy) is 1. The Morgan fingerprint density at radius 1 is 1.53 bits per heavy atom. The van der Waals surface area contributed by atoms with E-state index in [1.165, 1.54) is 18.2 Å². The molecule has 0 radical (unpaired) electrons. The molecule has 0 bridgehead atoms. The molecule has 17 heavy (non-hydrogen) atoms. The van der Waals surface area contributed by atoms with Gasteiger partial charge in [0.2, 0.25) is 0 Å². The molecule has 2 rings (SSSR count). The number of hydrogen-bond acceptors (Lipinski definition) is 4. The van der Waals surface area contributed by atoms with Crippen LogP contribution in [-0.2, 0) is 16.0 Å². The lowest BCUT2D eigenvalue weighted by atomic mass is 10.1. The minimum absolute atomic E-state index is 0.152. The van der Waals surface area contributed by atoms with Crippen molar-refractivity contribution in [2.45, 2.75) is 17.7 Å². The summed E-state index contributed by atoms with van der Waals surface area (Å²) in [4.78, 5) is 11.2. The number of esters is 1. The Labute approximate surface area is 106 Å². The van der Waals surface area contributed by atoms with E-state index in [2.05, 4.69) is 34.3 Å². The number of fused-ring (bicyclic) bond motifs is 1. The molecular weight excluding hydrogens is 234 g/mol. The molecule has 2 unspecified atom stereocenters. The number of methoxy groups -OCH3 is 1. The molecule has 1 aliphatic rings.